The molecule has 2 aromatic carbocycles. The molecule has 0 aliphatic carbocycles. The third-order valence-corrected chi connectivity index (χ3v) is 3.05. The Morgan fingerprint density at radius 3 is 1.43 bits per heavy atom. The smallest absolute Gasteiger partial charge is 0.175 e. The average Bonchev–Trinajstić information content (AvgIpc) is 2.52. The topological polar surface area (TPSA) is 42.5 Å². The van der Waals surface area contributed by atoms with Crippen molar-refractivity contribution in [2.24, 2.45) is 0 Å². The molecule has 0 unspecified atom stereocenters. The summed E-state index contributed by atoms with van der Waals surface area (Å²) in [5.74, 6) is 1.69. The molecule has 126 valence electrons. The maximum absolute atomic E-state index is 5.40. The van der Waals surface area contributed by atoms with E-state index in [1.54, 1.807) is 0 Å². The normalized spacial score (nSPS) is 9.48. The van der Waals surface area contributed by atoms with E-state index >= 15 is 0 Å². The second-order valence-corrected chi connectivity index (χ2v) is 4.90. The van der Waals surface area contributed by atoms with Gasteiger partial charge in [-0.2, -0.15) is 0 Å². The third-order valence-electron chi connectivity index (χ3n) is 2.85. The van der Waals surface area contributed by atoms with E-state index < -0.39 is 0 Å². The third kappa shape index (κ3) is 6.59. The standard InChI is InChI=1S/C17H20N2O2S.Pt/c1-3-20-15-9-5-13(6-10-15)18-17(22)19-14-7-11-16(12-8-14)21-4-2;/h5-12H,3-4H2,1-2H3,(H2,18,19,22);. The fraction of sp³-hybridized carbons (Fsp3) is 0.235. The van der Waals surface area contributed by atoms with E-state index in [1.165, 1.54) is 0 Å². The Kier molecular flexibility index (Phi) is 8.67. The minimum atomic E-state index is 0. The molecule has 4 nitrogen and oxygen atoms in total. The van der Waals surface area contributed by atoms with E-state index in [2.05, 4.69) is 10.6 Å². The van der Waals surface area contributed by atoms with E-state index in [9.17, 15) is 0 Å². The van der Waals surface area contributed by atoms with Crippen LogP contribution in [-0.2, 0) is 21.1 Å². The van der Waals surface area contributed by atoms with Crippen molar-refractivity contribution in [2.75, 3.05) is 23.8 Å². The Balaban J connectivity index is 0.00000264. The van der Waals surface area contributed by atoms with Crippen LogP contribution in [0.15, 0.2) is 48.5 Å². The molecule has 2 aromatic rings. The first-order chi connectivity index (χ1) is 10.7. The molecule has 6 heteroatoms. The Labute approximate surface area is 156 Å². The van der Waals surface area contributed by atoms with Crippen LogP contribution in [0.2, 0.25) is 0 Å². The molecular weight excluding hydrogens is 491 g/mol. The van der Waals surface area contributed by atoms with E-state index in [-0.39, 0.29) is 21.1 Å². The van der Waals surface area contributed by atoms with Crippen LogP contribution >= 0.6 is 12.2 Å². The minimum Gasteiger partial charge on any atom is -0.494 e. The van der Waals surface area contributed by atoms with Crippen LogP contribution in [0.3, 0.4) is 0 Å². The molecular formula is C17H20N2O2PtS. The Morgan fingerprint density at radius 2 is 1.13 bits per heavy atom. The van der Waals surface area contributed by atoms with Crippen molar-refractivity contribution < 1.29 is 30.5 Å². The second kappa shape index (κ2) is 10.2. The first kappa shape index (κ1) is 19.5. The summed E-state index contributed by atoms with van der Waals surface area (Å²) in [6.45, 7) is 5.24. The van der Waals surface area contributed by atoms with Gasteiger partial charge in [-0.3, -0.25) is 0 Å². The molecule has 0 saturated carbocycles. The SMILES string of the molecule is CCOc1ccc(NC(=S)Nc2ccc(OCC)cc2)cc1.[Pt]. The van der Waals surface area contributed by atoms with E-state index in [4.69, 9.17) is 21.7 Å². The summed E-state index contributed by atoms with van der Waals surface area (Å²) < 4.78 is 10.8. The first-order valence-electron chi connectivity index (χ1n) is 7.25. The minimum absolute atomic E-state index is 0. The van der Waals surface area contributed by atoms with Gasteiger partial charge in [0.2, 0.25) is 0 Å². The quantitative estimate of drug-likeness (QED) is 0.567. The molecule has 0 saturated heterocycles. The predicted molar refractivity (Wildman–Crippen MR) is 95.1 cm³/mol. The van der Waals surface area contributed by atoms with E-state index in [1.807, 2.05) is 62.4 Å². The van der Waals surface area contributed by atoms with Crippen LogP contribution in [0.1, 0.15) is 13.8 Å². The number of benzene rings is 2. The summed E-state index contributed by atoms with van der Waals surface area (Å²) >= 11 is 5.30. The van der Waals surface area contributed by atoms with Crippen LogP contribution < -0.4 is 20.1 Å². The van der Waals surface area contributed by atoms with Crippen LogP contribution in [0.25, 0.3) is 0 Å². The molecule has 0 heterocycles. The molecule has 0 atom stereocenters. The van der Waals surface area contributed by atoms with Crippen molar-refractivity contribution in [3.63, 3.8) is 0 Å². The van der Waals surface area contributed by atoms with Crippen molar-refractivity contribution in [3.8, 4) is 11.5 Å². The zero-order valence-corrected chi connectivity index (χ0v) is 16.2. The number of anilines is 2. The van der Waals surface area contributed by atoms with Crippen molar-refractivity contribution in [2.45, 2.75) is 13.8 Å². The van der Waals surface area contributed by atoms with Gasteiger partial charge < -0.3 is 20.1 Å². The molecule has 0 amide bonds. The summed E-state index contributed by atoms with van der Waals surface area (Å²) in [4.78, 5) is 0. The monoisotopic (exact) mass is 511 g/mol. The van der Waals surface area contributed by atoms with Gasteiger partial charge in [0.15, 0.2) is 5.11 Å². The Morgan fingerprint density at radius 1 is 0.783 bits per heavy atom. The van der Waals surface area contributed by atoms with Gasteiger partial charge in [0.1, 0.15) is 11.5 Å². The molecule has 23 heavy (non-hydrogen) atoms. The second-order valence-electron chi connectivity index (χ2n) is 4.49. The fourth-order valence-electron chi connectivity index (χ4n) is 1.90. The Hall–Kier alpha value is -1.58. The molecule has 0 spiro atoms. The van der Waals surface area contributed by atoms with Crippen molar-refractivity contribution in [1.29, 1.82) is 0 Å². The van der Waals surface area contributed by atoms with Crippen molar-refractivity contribution >= 4 is 28.7 Å². The van der Waals surface area contributed by atoms with Crippen LogP contribution in [0, 0.1) is 0 Å². The number of ether oxygens (including phenoxy) is 2. The molecule has 0 aliphatic rings. The summed E-state index contributed by atoms with van der Waals surface area (Å²) in [5, 5.41) is 6.80. The zero-order chi connectivity index (χ0) is 15.8. The van der Waals surface area contributed by atoms with Gasteiger partial charge in [0, 0.05) is 32.4 Å². The molecule has 0 radical (unpaired) electrons. The van der Waals surface area contributed by atoms with Gasteiger partial charge in [-0.15, -0.1) is 0 Å². The van der Waals surface area contributed by atoms with Gasteiger partial charge in [0.05, 0.1) is 13.2 Å². The maximum atomic E-state index is 5.40. The van der Waals surface area contributed by atoms with Crippen LogP contribution in [-0.4, -0.2) is 18.3 Å². The number of hydrogen-bond acceptors (Lipinski definition) is 3. The molecule has 0 bridgehead atoms. The number of thiocarbonyl (C=S) groups is 1. The first-order valence-corrected chi connectivity index (χ1v) is 7.65. The van der Waals surface area contributed by atoms with Gasteiger partial charge in [0.25, 0.3) is 0 Å². The summed E-state index contributed by atoms with van der Waals surface area (Å²) in [6.07, 6.45) is 0. The number of rotatable bonds is 6. The number of hydrogen-bond donors (Lipinski definition) is 2. The summed E-state index contributed by atoms with van der Waals surface area (Å²) in [6, 6.07) is 15.3. The van der Waals surface area contributed by atoms with Gasteiger partial charge in [-0.25, -0.2) is 0 Å². The van der Waals surface area contributed by atoms with Gasteiger partial charge >= 0.3 is 0 Å². The van der Waals surface area contributed by atoms with Crippen LogP contribution in [0.5, 0.6) is 11.5 Å². The van der Waals surface area contributed by atoms with E-state index in [0.29, 0.717) is 18.3 Å². The zero-order valence-electron chi connectivity index (χ0n) is 13.1. The van der Waals surface area contributed by atoms with Gasteiger partial charge in [-0.1, -0.05) is 0 Å². The predicted octanol–water partition coefficient (Wildman–Crippen LogP) is 4.29. The molecule has 0 aromatic heterocycles. The number of nitrogens with one attached hydrogen (secondary N) is 2. The Bertz CT molecular complexity index is 549. The van der Waals surface area contributed by atoms with Crippen molar-refractivity contribution in [3.05, 3.63) is 48.5 Å². The summed E-state index contributed by atoms with van der Waals surface area (Å²) in [5.41, 5.74) is 1.82. The maximum Gasteiger partial charge on any atom is 0.175 e. The van der Waals surface area contributed by atoms with Crippen LogP contribution in [0.4, 0.5) is 11.4 Å². The molecule has 0 aliphatic heterocycles. The van der Waals surface area contributed by atoms with Crippen molar-refractivity contribution in [1.82, 2.24) is 0 Å². The largest absolute Gasteiger partial charge is 0.494 e. The molecule has 2 rings (SSSR count). The van der Waals surface area contributed by atoms with E-state index in [0.717, 1.165) is 22.9 Å². The molecule has 2 N–H and O–H groups in total. The average molecular weight is 512 g/mol. The fourth-order valence-corrected chi connectivity index (χ4v) is 2.13. The summed E-state index contributed by atoms with van der Waals surface area (Å²) in [7, 11) is 0. The molecule has 0 fully saturated rings. The van der Waals surface area contributed by atoms with Gasteiger partial charge in [-0.05, 0) is 74.6 Å².